The Kier molecular flexibility index (Phi) is 7.18. The number of quaternary nitrogens is 1. The zero-order valence-corrected chi connectivity index (χ0v) is 23.1. The van der Waals surface area contributed by atoms with E-state index in [2.05, 4.69) is 27.2 Å². The third kappa shape index (κ3) is 5.53. The summed E-state index contributed by atoms with van der Waals surface area (Å²) in [5.41, 5.74) is 3.77. The van der Waals surface area contributed by atoms with E-state index in [0.717, 1.165) is 36.2 Å². The molecule has 0 spiro atoms. The number of anilines is 1. The molecule has 1 atom stereocenters. The Morgan fingerprint density at radius 1 is 1.18 bits per heavy atom. The second kappa shape index (κ2) is 10.9. The number of imidazole rings is 1. The molecule has 1 aliphatic heterocycles. The number of nitrogens with two attached hydrogens (primary N) is 1. The Hall–Kier alpha value is -3.93. The van der Waals surface area contributed by atoms with Gasteiger partial charge in [0.05, 0.1) is 0 Å². The van der Waals surface area contributed by atoms with Crippen molar-refractivity contribution in [2.75, 3.05) is 31.1 Å². The molecular weight excluding hydrogens is 528 g/mol. The molecule has 2 aromatic carbocycles. The SMILES string of the molecule is CC1(COc2c(N3CC[NH2+]C(c4cc(-n5ccnc5)ccc4CS(=O)#[O+])C3)cnn(-c3ccccc3)c2=O)CC1. The van der Waals surface area contributed by atoms with E-state index in [4.69, 9.17) is 4.74 Å². The minimum absolute atomic E-state index is 0.0545. The van der Waals surface area contributed by atoms with E-state index in [1.807, 2.05) is 59.3 Å². The summed E-state index contributed by atoms with van der Waals surface area (Å²) in [4.78, 5) is 20.0. The summed E-state index contributed by atoms with van der Waals surface area (Å²) in [6.45, 7) is 4.67. The number of benzene rings is 2. The first-order valence-corrected chi connectivity index (χ1v) is 14.7. The van der Waals surface area contributed by atoms with Gasteiger partial charge in [-0.15, -0.1) is 0 Å². The van der Waals surface area contributed by atoms with E-state index >= 15 is 0 Å². The Morgan fingerprint density at radius 2 is 2.00 bits per heavy atom. The van der Waals surface area contributed by atoms with Gasteiger partial charge in [-0.2, -0.15) is 0 Å². The first-order chi connectivity index (χ1) is 19.4. The summed E-state index contributed by atoms with van der Waals surface area (Å²) in [6, 6.07) is 15.1. The Bertz CT molecular complexity index is 1700. The minimum atomic E-state index is -2.22. The van der Waals surface area contributed by atoms with E-state index in [1.54, 1.807) is 18.7 Å². The zero-order chi connectivity index (χ0) is 27.7. The van der Waals surface area contributed by atoms with Gasteiger partial charge in [-0.05, 0) is 25.0 Å². The Morgan fingerprint density at radius 3 is 2.73 bits per heavy atom. The van der Waals surface area contributed by atoms with Crippen molar-refractivity contribution in [3.8, 4) is 17.1 Å². The van der Waals surface area contributed by atoms with Crippen LogP contribution < -0.4 is 20.5 Å². The van der Waals surface area contributed by atoms with E-state index in [9.17, 15) is 13.0 Å². The summed E-state index contributed by atoms with van der Waals surface area (Å²) in [6.07, 6.45) is 9.17. The van der Waals surface area contributed by atoms with Crippen LogP contribution >= 0.6 is 0 Å². The third-order valence-electron chi connectivity index (χ3n) is 7.80. The van der Waals surface area contributed by atoms with Gasteiger partial charge in [0.2, 0.25) is 0 Å². The average Bonchev–Trinajstić information content (AvgIpc) is 3.45. The van der Waals surface area contributed by atoms with Crippen LogP contribution in [0.4, 0.5) is 5.69 Å². The summed E-state index contributed by atoms with van der Waals surface area (Å²) >= 11 is 0. The van der Waals surface area contributed by atoms with Crippen molar-refractivity contribution < 1.29 is 18.3 Å². The van der Waals surface area contributed by atoms with Gasteiger partial charge in [0.1, 0.15) is 0 Å². The molecule has 10 nitrogen and oxygen atoms in total. The molecule has 2 aromatic heterocycles. The summed E-state index contributed by atoms with van der Waals surface area (Å²) in [7, 11) is -2.22. The molecule has 1 saturated carbocycles. The number of para-hydroxylation sites is 1. The molecule has 0 bridgehead atoms. The van der Waals surface area contributed by atoms with Gasteiger partial charge >= 0.3 is 184 Å². The Balaban J connectivity index is 1.36. The maximum atomic E-state index is 13.7. The predicted molar refractivity (Wildman–Crippen MR) is 151 cm³/mol. The van der Waals surface area contributed by atoms with E-state index in [-0.39, 0.29) is 22.8 Å². The van der Waals surface area contributed by atoms with Crippen LogP contribution in [0.3, 0.4) is 0 Å². The molecule has 1 unspecified atom stereocenters. The smallest absolute Gasteiger partial charge is 0.0440 e. The molecule has 40 heavy (non-hydrogen) atoms. The molecule has 0 amide bonds. The number of aromatic nitrogens is 4. The van der Waals surface area contributed by atoms with E-state index in [1.165, 1.54) is 4.68 Å². The predicted octanol–water partition coefficient (Wildman–Crippen LogP) is 2.32. The number of hydrogen-bond donors (Lipinski definition) is 1. The normalized spacial score (nSPS) is 17.9. The molecule has 4 aromatic rings. The average molecular weight is 561 g/mol. The van der Waals surface area contributed by atoms with Gasteiger partial charge in [-0.1, -0.05) is 25.1 Å². The Labute approximate surface area is 233 Å². The van der Waals surface area contributed by atoms with Crippen LogP contribution in [0.25, 0.3) is 11.4 Å². The zero-order valence-electron chi connectivity index (χ0n) is 22.3. The largest absolute Gasteiger partial charge is 0.0440 e. The molecule has 3 heterocycles. The van der Waals surface area contributed by atoms with Gasteiger partial charge in [0, 0.05) is 0 Å². The molecular formula is C29H32N6O4S+2. The second-order valence-corrected chi connectivity index (χ2v) is 11.8. The number of ether oxygens (including phenoxy) is 1. The van der Waals surface area contributed by atoms with Gasteiger partial charge in [0.25, 0.3) is 0 Å². The molecule has 0 radical (unpaired) electrons. The molecule has 1 aliphatic carbocycles. The molecule has 206 valence electrons. The minimum Gasteiger partial charge on any atom is -0.0440 e. The first-order valence-electron chi connectivity index (χ1n) is 13.5. The molecule has 1 saturated heterocycles. The quantitative estimate of drug-likeness (QED) is 0.331. The van der Waals surface area contributed by atoms with Crippen molar-refractivity contribution in [1.82, 2.24) is 19.3 Å². The second-order valence-electron chi connectivity index (χ2n) is 10.9. The standard InChI is InChI=1S/C29H31N6O4S/c1-29(9-10-29)19-39-27-26(16-32-35(28(27)36)22-5-3-2-4-6-22)33-14-12-31-25(17-33)24-15-23(34-13-11-30-20-34)8-7-21(24)18-40(37)38/h2-8,11,13,15-16,20,25,31H,9-10,12,14,17-19H2,1H3/q+1/p+1. The van der Waals surface area contributed by atoms with Crippen molar-refractivity contribution in [2.24, 2.45) is 5.41 Å². The molecule has 2 N–H and O–H groups in total. The summed E-state index contributed by atoms with van der Waals surface area (Å²) in [5.74, 6) is 0.242. The number of nitrogens with zero attached hydrogens (tertiary/aromatic N) is 5. The van der Waals surface area contributed by atoms with E-state index in [0.29, 0.717) is 36.8 Å². The number of hydrogen-bond acceptors (Lipinski definition) is 6. The molecule has 6 rings (SSSR count). The van der Waals surface area contributed by atoms with Crippen LogP contribution in [0.2, 0.25) is 0 Å². The fourth-order valence-electron chi connectivity index (χ4n) is 5.18. The summed E-state index contributed by atoms with van der Waals surface area (Å²) < 4.78 is 33.0. The van der Waals surface area contributed by atoms with Crippen LogP contribution in [-0.2, 0) is 20.3 Å². The van der Waals surface area contributed by atoms with Crippen molar-refractivity contribution in [3.05, 3.63) is 94.9 Å². The molecule has 11 heteroatoms. The number of rotatable bonds is 8. The van der Waals surface area contributed by atoms with Crippen molar-refractivity contribution in [2.45, 2.75) is 31.6 Å². The fraction of sp³-hybridized carbons (Fsp3) is 0.345. The van der Waals surface area contributed by atoms with Crippen LogP contribution in [0, 0.1) is 5.41 Å². The number of piperazine rings is 1. The topological polar surface area (TPSA) is 119 Å². The molecule has 2 aliphatic rings. The van der Waals surface area contributed by atoms with Gasteiger partial charge < -0.3 is 0 Å². The van der Waals surface area contributed by atoms with E-state index < -0.39 is 10.5 Å². The third-order valence-corrected chi connectivity index (χ3v) is 8.34. The van der Waals surface area contributed by atoms with Crippen LogP contribution in [0.1, 0.15) is 36.9 Å². The monoisotopic (exact) mass is 560 g/mol. The van der Waals surface area contributed by atoms with Gasteiger partial charge in [0.15, 0.2) is 0 Å². The van der Waals surface area contributed by atoms with Crippen LogP contribution in [0.15, 0.2) is 78.2 Å². The maximum absolute atomic E-state index is 13.7. The van der Waals surface area contributed by atoms with Crippen molar-refractivity contribution in [1.29, 1.82) is 0 Å². The summed E-state index contributed by atoms with van der Waals surface area (Å²) in [5, 5.41) is 6.75. The van der Waals surface area contributed by atoms with Gasteiger partial charge in [-0.3, -0.25) is 0 Å². The van der Waals surface area contributed by atoms with Crippen LogP contribution in [0.5, 0.6) is 5.75 Å². The van der Waals surface area contributed by atoms with Crippen molar-refractivity contribution in [3.63, 3.8) is 0 Å². The van der Waals surface area contributed by atoms with Crippen LogP contribution in [-0.4, -0.2) is 49.8 Å². The maximum Gasteiger partial charge on any atom is -0.0440 e. The fourth-order valence-corrected chi connectivity index (χ4v) is 5.70. The van der Waals surface area contributed by atoms with Gasteiger partial charge in [-0.25, -0.2) is 0 Å². The first kappa shape index (κ1) is 26.3. The van der Waals surface area contributed by atoms with Crippen molar-refractivity contribution >= 4 is 16.2 Å². The molecule has 2 fully saturated rings.